The molecule has 0 heterocycles. The minimum absolute atomic E-state index is 0.474. The second kappa shape index (κ2) is 4.07. The fourth-order valence-electron chi connectivity index (χ4n) is 1.78. The van der Waals surface area contributed by atoms with Crippen LogP contribution >= 0.6 is 0 Å². The molecular formula is C9H19NO. The molecule has 66 valence electrons. The Bertz CT molecular complexity index is 116. The summed E-state index contributed by atoms with van der Waals surface area (Å²) in [5.74, 6) is 1.52. The lowest BCUT2D eigenvalue weighted by Crippen LogP contribution is -2.43. The summed E-state index contributed by atoms with van der Waals surface area (Å²) >= 11 is 0. The molecule has 1 aliphatic carbocycles. The molecule has 0 saturated heterocycles. The molecule has 1 saturated carbocycles. The SMILES string of the molecule is COCCC(C)C1CCC1N. The van der Waals surface area contributed by atoms with Gasteiger partial charge in [-0.15, -0.1) is 0 Å². The molecule has 2 N–H and O–H groups in total. The van der Waals surface area contributed by atoms with Crippen LogP contribution in [0.5, 0.6) is 0 Å². The molecule has 0 radical (unpaired) electrons. The maximum Gasteiger partial charge on any atom is 0.0464 e. The highest BCUT2D eigenvalue weighted by Crippen LogP contribution is 2.33. The van der Waals surface area contributed by atoms with Gasteiger partial charge in [0.15, 0.2) is 0 Å². The van der Waals surface area contributed by atoms with Crippen LogP contribution < -0.4 is 5.73 Å². The largest absolute Gasteiger partial charge is 0.385 e. The van der Waals surface area contributed by atoms with Gasteiger partial charge in [-0.05, 0) is 31.1 Å². The number of nitrogens with two attached hydrogens (primary N) is 1. The van der Waals surface area contributed by atoms with Crippen molar-refractivity contribution in [2.24, 2.45) is 17.6 Å². The van der Waals surface area contributed by atoms with Gasteiger partial charge in [0.1, 0.15) is 0 Å². The third-order valence-electron chi connectivity index (χ3n) is 2.89. The molecule has 1 rings (SSSR count). The molecule has 0 amide bonds. The van der Waals surface area contributed by atoms with E-state index in [1.807, 2.05) is 0 Å². The van der Waals surface area contributed by atoms with E-state index in [9.17, 15) is 0 Å². The normalized spacial score (nSPS) is 33.0. The van der Waals surface area contributed by atoms with Crippen LogP contribution in [0.25, 0.3) is 0 Å². The Balaban J connectivity index is 2.13. The van der Waals surface area contributed by atoms with E-state index >= 15 is 0 Å². The summed E-state index contributed by atoms with van der Waals surface area (Å²) in [5.41, 5.74) is 5.85. The summed E-state index contributed by atoms with van der Waals surface area (Å²) in [6.07, 6.45) is 3.71. The third kappa shape index (κ3) is 2.17. The highest BCUT2D eigenvalue weighted by molar-refractivity contribution is 4.86. The van der Waals surface area contributed by atoms with Gasteiger partial charge in [0, 0.05) is 19.8 Å². The van der Waals surface area contributed by atoms with Crippen LogP contribution in [0.15, 0.2) is 0 Å². The molecule has 1 aliphatic rings. The summed E-state index contributed by atoms with van der Waals surface area (Å²) in [7, 11) is 1.76. The highest BCUT2D eigenvalue weighted by Gasteiger charge is 2.31. The smallest absolute Gasteiger partial charge is 0.0464 e. The van der Waals surface area contributed by atoms with Crippen molar-refractivity contribution in [3.05, 3.63) is 0 Å². The van der Waals surface area contributed by atoms with Crippen molar-refractivity contribution in [3.8, 4) is 0 Å². The average Bonchev–Trinajstić information content (AvgIpc) is 1.98. The molecule has 11 heavy (non-hydrogen) atoms. The van der Waals surface area contributed by atoms with Crippen LogP contribution in [-0.2, 0) is 4.74 Å². The number of rotatable bonds is 4. The summed E-state index contributed by atoms with van der Waals surface area (Å²) < 4.78 is 5.03. The first-order valence-corrected chi connectivity index (χ1v) is 4.50. The Morgan fingerprint density at radius 2 is 2.27 bits per heavy atom. The average molecular weight is 157 g/mol. The molecule has 2 heteroatoms. The topological polar surface area (TPSA) is 35.2 Å². The predicted molar refractivity (Wildman–Crippen MR) is 46.4 cm³/mol. The van der Waals surface area contributed by atoms with Crippen molar-refractivity contribution < 1.29 is 4.74 Å². The second-order valence-electron chi connectivity index (χ2n) is 3.66. The van der Waals surface area contributed by atoms with Gasteiger partial charge in [0.2, 0.25) is 0 Å². The van der Waals surface area contributed by atoms with Crippen molar-refractivity contribution >= 4 is 0 Å². The first-order chi connectivity index (χ1) is 5.25. The van der Waals surface area contributed by atoms with Crippen LogP contribution in [0.1, 0.15) is 26.2 Å². The van der Waals surface area contributed by atoms with Gasteiger partial charge in [-0.1, -0.05) is 6.92 Å². The van der Waals surface area contributed by atoms with E-state index in [0.29, 0.717) is 6.04 Å². The van der Waals surface area contributed by atoms with Crippen molar-refractivity contribution in [1.82, 2.24) is 0 Å². The standard InChI is InChI=1S/C9H19NO/c1-7(5-6-11-2)8-3-4-9(8)10/h7-9H,3-6,10H2,1-2H3. The summed E-state index contributed by atoms with van der Waals surface area (Å²) in [4.78, 5) is 0. The van der Waals surface area contributed by atoms with Gasteiger partial charge in [-0.25, -0.2) is 0 Å². The van der Waals surface area contributed by atoms with Crippen molar-refractivity contribution in [1.29, 1.82) is 0 Å². The zero-order chi connectivity index (χ0) is 8.27. The molecule has 0 aromatic carbocycles. The summed E-state index contributed by atoms with van der Waals surface area (Å²) in [6.45, 7) is 3.16. The predicted octanol–water partition coefficient (Wildman–Crippen LogP) is 1.40. The minimum Gasteiger partial charge on any atom is -0.385 e. The lowest BCUT2D eigenvalue weighted by atomic mass is 9.72. The van der Waals surface area contributed by atoms with Crippen LogP contribution in [-0.4, -0.2) is 19.8 Å². The lowest BCUT2D eigenvalue weighted by Gasteiger charge is -2.38. The molecular weight excluding hydrogens is 138 g/mol. The Kier molecular flexibility index (Phi) is 3.34. The van der Waals surface area contributed by atoms with Crippen LogP contribution in [0.4, 0.5) is 0 Å². The molecule has 0 aromatic heterocycles. The van der Waals surface area contributed by atoms with E-state index in [1.165, 1.54) is 12.8 Å². The van der Waals surface area contributed by atoms with Gasteiger partial charge >= 0.3 is 0 Å². The Hall–Kier alpha value is -0.0800. The molecule has 0 aliphatic heterocycles. The van der Waals surface area contributed by atoms with Crippen molar-refractivity contribution in [3.63, 3.8) is 0 Å². The number of methoxy groups -OCH3 is 1. The maximum absolute atomic E-state index is 5.85. The molecule has 3 atom stereocenters. The van der Waals surface area contributed by atoms with E-state index < -0.39 is 0 Å². The van der Waals surface area contributed by atoms with Gasteiger partial charge < -0.3 is 10.5 Å². The Morgan fingerprint density at radius 1 is 1.55 bits per heavy atom. The van der Waals surface area contributed by atoms with E-state index in [4.69, 9.17) is 10.5 Å². The monoisotopic (exact) mass is 157 g/mol. The number of hydrogen-bond acceptors (Lipinski definition) is 2. The number of ether oxygens (including phenoxy) is 1. The third-order valence-corrected chi connectivity index (χ3v) is 2.89. The fourth-order valence-corrected chi connectivity index (χ4v) is 1.78. The number of hydrogen-bond donors (Lipinski definition) is 1. The van der Waals surface area contributed by atoms with Gasteiger partial charge in [0.25, 0.3) is 0 Å². The van der Waals surface area contributed by atoms with Gasteiger partial charge in [0.05, 0.1) is 0 Å². The zero-order valence-corrected chi connectivity index (χ0v) is 7.55. The van der Waals surface area contributed by atoms with Crippen molar-refractivity contribution in [2.45, 2.75) is 32.2 Å². The lowest BCUT2D eigenvalue weighted by molar-refractivity contribution is 0.123. The first kappa shape index (κ1) is 9.01. The Labute approximate surface area is 69.1 Å². The van der Waals surface area contributed by atoms with E-state index in [2.05, 4.69) is 6.92 Å². The van der Waals surface area contributed by atoms with Crippen molar-refractivity contribution in [2.75, 3.05) is 13.7 Å². The quantitative estimate of drug-likeness (QED) is 0.669. The fraction of sp³-hybridized carbons (Fsp3) is 1.00. The van der Waals surface area contributed by atoms with E-state index in [-0.39, 0.29) is 0 Å². The van der Waals surface area contributed by atoms with E-state index in [1.54, 1.807) is 7.11 Å². The maximum atomic E-state index is 5.85. The molecule has 0 aromatic rings. The molecule has 0 bridgehead atoms. The molecule has 3 unspecified atom stereocenters. The minimum atomic E-state index is 0.474. The molecule has 1 fully saturated rings. The summed E-state index contributed by atoms with van der Waals surface area (Å²) in [6, 6.07) is 0.474. The zero-order valence-electron chi connectivity index (χ0n) is 7.55. The van der Waals surface area contributed by atoms with Gasteiger partial charge in [-0.3, -0.25) is 0 Å². The molecule has 0 spiro atoms. The second-order valence-corrected chi connectivity index (χ2v) is 3.66. The highest BCUT2D eigenvalue weighted by atomic mass is 16.5. The Morgan fingerprint density at radius 3 is 2.64 bits per heavy atom. The molecule has 2 nitrogen and oxygen atoms in total. The van der Waals surface area contributed by atoms with Crippen LogP contribution in [0.2, 0.25) is 0 Å². The van der Waals surface area contributed by atoms with Gasteiger partial charge in [-0.2, -0.15) is 0 Å². The summed E-state index contributed by atoms with van der Waals surface area (Å²) in [5, 5.41) is 0. The van der Waals surface area contributed by atoms with Crippen LogP contribution in [0, 0.1) is 11.8 Å². The first-order valence-electron chi connectivity index (χ1n) is 4.50. The van der Waals surface area contributed by atoms with E-state index in [0.717, 1.165) is 24.9 Å². The van der Waals surface area contributed by atoms with Crippen LogP contribution in [0.3, 0.4) is 0 Å².